The van der Waals surface area contributed by atoms with E-state index in [0.717, 1.165) is 0 Å². The van der Waals surface area contributed by atoms with Crippen LogP contribution in [0.4, 0.5) is 11.5 Å². The summed E-state index contributed by atoms with van der Waals surface area (Å²) in [6.07, 6.45) is 2.54. The Morgan fingerprint density at radius 2 is 2.46 bits per heavy atom. The lowest BCUT2D eigenvalue weighted by atomic mass is 10.5. The fourth-order valence-corrected chi connectivity index (χ4v) is 0.843. The second-order valence-corrected chi connectivity index (χ2v) is 2.45. The highest BCUT2D eigenvalue weighted by molar-refractivity contribution is 6.32. The second kappa shape index (κ2) is 4.61. The lowest BCUT2D eigenvalue weighted by Gasteiger charge is -1.99. The minimum atomic E-state index is 0.212. The summed E-state index contributed by atoms with van der Waals surface area (Å²) in [6.45, 7) is 2.38. The molecule has 5 nitrogen and oxygen atoms in total. The molecule has 0 fully saturated rings. The number of nitrogens with zero attached hydrogens (tertiary/aromatic N) is 3. The summed E-state index contributed by atoms with van der Waals surface area (Å²) in [4.78, 5) is 11.3. The lowest BCUT2D eigenvalue weighted by Crippen LogP contribution is -1.93. The van der Waals surface area contributed by atoms with Crippen LogP contribution in [-0.4, -0.2) is 23.0 Å². The van der Waals surface area contributed by atoms with Crippen molar-refractivity contribution in [2.75, 3.05) is 12.3 Å². The Labute approximate surface area is 80.6 Å². The number of nitrogen functional groups attached to an aromatic ring is 1. The van der Waals surface area contributed by atoms with Crippen molar-refractivity contribution in [3.63, 3.8) is 0 Å². The van der Waals surface area contributed by atoms with E-state index in [1.54, 1.807) is 0 Å². The number of aliphatic imine (C=N–C) groups is 1. The molecule has 0 saturated carbocycles. The largest absolute Gasteiger partial charge is 0.483 e. The minimum absolute atomic E-state index is 0.212. The van der Waals surface area contributed by atoms with Crippen molar-refractivity contribution in [3.8, 4) is 0 Å². The fourth-order valence-electron chi connectivity index (χ4n) is 0.654. The van der Waals surface area contributed by atoms with E-state index >= 15 is 0 Å². The van der Waals surface area contributed by atoms with E-state index in [1.807, 2.05) is 6.92 Å². The number of aromatic nitrogens is 2. The molecule has 0 aliphatic heterocycles. The third-order valence-electron chi connectivity index (χ3n) is 1.23. The number of halogens is 1. The van der Waals surface area contributed by atoms with Gasteiger partial charge in [0.05, 0.1) is 6.61 Å². The van der Waals surface area contributed by atoms with Crippen LogP contribution in [0.15, 0.2) is 11.3 Å². The zero-order valence-corrected chi connectivity index (χ0v) is 7.82. The molecule has 0 radical (unpaired) electrons. The van der Waals surface area contributed by atoms with Crippen molar-refractivity contribution in [2.24, 2.45) is 4.99 Å². The summed E-state index contributed by atoms with van der Waals surface area (Å²) in [5.41, 5.74) is 5.83. The molecule has 1 rings (SSSR count). The smallest absolute Gasteiger partial charge is 0.174 e. The van der Waals surface area contributed by atoms with Gasteiger partial charge in [0, 0.05) is 0 Å². The van der Waals surface area contributed by atoms with Gasteiger partial charge in [-0.05, 0) is 6.92 Å². The maximum Gasteiger partial charge on any atom is 0.174 e. The lowest BCUT2D eigenvalue weighted by molar-refractivity contribution is 0.344. The SMILES string of the molecule is CCOC=Nc1c(N)ncnc1Cl. The number of rotatable bonds is 3. The van der Waals surface area contributed by atoms with Crippen LogP contribution >= 0.6 is 11.6 Å². The van der Waals surface area contributed by atoms with Gasteiger partial charge in [0.15, 0.2) is 17.4 Å². The van der Waals surface area contributed by atoms with Crippen molar-refractivity contribution < 1.29 is 4.74 Å². The normalized spacial score (nSPS) is 10.6. The number of anilines is 1. The van der Waals surface area contributed by atoms with E-state index in [-0.39, 0.29) is 11.0 Å². The first kappa shape index (κ1) is 9.73. The van der Waals surface area contributed by atoms with Crippen molar-refractivity contribution in [1.82, 2.24) is 9.97 Å². The molecule has 70 valence electrons. The van der Waals surface area contributed by atoms with Gasteiger partial charge in [-0.25, -0.2) is 15.0 Å². The van der Waals surface area contributed by atoms with Gasteiger partial charge >= 0.3 is 0 Å². The molecule has 6 heteroatoms. The topological polar surface area (TPSA) is 73.4 Å². The van der Waals surface area contributed by atoms with Crippen LogP contribution < -0.4 is 5.73 Å². The highest BCUT2D eigenvalue weighted by Gasteiger charge is 2.03. The number of hydrogen-bond acceptors (Lipinski definition) is 5. The standard InChI is InChI=1S/C7H9ClN4O/c1-2-13-4-12-5-6(8)10-3-11-7(5)9/h3-4H,2H2,1H3,(H2,9,10,11). The van der Waals surface area contributed by atoms with Crippen LogP contribution in [0.2, 0.25) is 5.15 Å². The van der Waals surface area contributed by atoms with Crippen molar-refractivity contribution in [2.45, 2.75) is 6.92 Å². The Hall–Kier alpha value is -1.36. The third-order valence-corrected chi connectivity index (χ3v) is 1.51. The van der Waals surface area contributed by atoms with Crippen molar-refractivity contribution in [1.29, 1.82) is 0 Å². The highest BCUT2D eigenvalue weighted by atomic mass is 35.5. The van der Waals surface area contributed by atoms with E-state index in [0.29, 0.717) is 12.3 Å². The molecule has 1 aromatic rings. The average molecular weight is 201 g/mol. The minimum Gasteiger partial charge on any atom is -0.483 e. The van der Waals surface area contributed by atoms with Crippen LogP contribution in [0.5, 0.6) is 0 Å². The molecule has 1 aromatic heterocycles. The van der Waals surface area contributed by atoms with E-state index < -0.39 is 0 Å². The Morgan fingerprint density at radius 3 is 3.08 bits per heavy atom. The molecule has 13 heavy (non-hydrogen) atoms. The van der Waals surface area contributed by atoms with Crippen LogP contribution in [0.25, 0.3) is 0 Å². The van der Waals surface area contributed by atoms with E-state index in [9.17, 15) is 0 Å². The number of ether oxygens (including phenoxy) is 1. The zero-order valence-electron chi connectivity index (χ0n) is 7.07. The third kappa shape index (κ3) is 2.55. The molecule has 0 aliphatic carbocycles. The molecule has 0 saturated heterocycles. The van der Waals surface area contributed by atoms with Gasteiger partial charge in [-0.3, -0.25) is 0 Å². The van der Waals surface area contributed by atoms with E-state index in [1.165, 1.54) is 12.7 Å². The molecule has 0 amide bonds. The Balaban J connectivity index is 2.87. The Morgan fingerprint density at radius 1 is 1.69 bits per heavy atom. The Kier molecular flexibility index (Phi) is 3.45. The molecule has 0 aliphatic rings. The van der Waals surface area contributed by atoms with Crippen molar-refractivity contribution >= 4 is 29.5 Å². The maximum absolute atomic E-state index is 5.71. The summed E-state index contributed by atoms with van der Waals surface area (Å²) in [5, 5.41) is 0.212. The van der Waals surface area contributed by atoms with Gasteiger partial charge < -0.3 is 10.5 Å². The molecule has 0 unspecified atom stereocenters. The van der Waals surface area contributed by atoms with Crippen LogP contribution in [0, 0.1) is 0 Å². The predicted molar refractivity (Wildman–Crippen MR) is 51.2 cm³/mol. The highest BCUT2D eigenvalue weighted by Crippen LogP contribution is 2.26. The molecule has 0 spiro atoms. The summed E-state index contributed by atoms with van der Waals surface area (Å²) in [6, 6.07) is 0. The van der Waals surface area contributed by atoms with Gasteiger partial charge in [-0.1, -0.05) is 11.6 Å². The van der Waals surface area contributed by atoms with Gasteiger partial charge in [-0.15, -0.1) is 0 Å². The van der Waals surface area contributed by atoms with Gasteiger partial charge in [0.2, 0.25) is 0 Å². The molecular formula is C7H9ClN4O. The quantitative estimate of drug-likeness (QED) is 0.455. The van der Waals surface area contributed by atoms with Gasteiger partial charge in [-0.2, -0.15) is 0 Å². The molecule has 2 N–H and O–H groups in total. The first-order valence-corrected chi connectivity index (χ1v) is 4.03. The number of hydrogen-bond donors (Lipinski definition) is 1. The molecule has 0 bridgehead atoms. The summed E-state index contributed by atoms with van der Waals surface area (Å²) in [7, 11) is 0. The molecule has 0 aromatic carbocycles. The van der Waals surface area contributed by atoms with E-state index in [2.05, 4.69) is 15.0 Å². The van der Waals surface area contributed by atoms with Crippen LogP contribution in [0.3, 0.4) is 0 Å². The second-order valence-electron chi connectivity index (χ2n) is 2.09. The Bertz CT molecular complexity index is 295. The summed E-state index contributed by atoms with van der Waals surface area (Å²) < 4.78 is 4.89. The fraction of sp³-hybridized carbons (Fsp3) is 0.286. The molecular weight excluding hydrogens is 192 g/mol. The molecule has 0 atom stereocenters. The first-order chi connectivity index (χ1) is 6.25. The summed E-state index contributed by atoms with van der Waals surface area (Å²) >= 11 is 5.71. The summed E-state index contributed by atoms with van der Waals surface area (Å²) in [5.74, 6) is 0.232. The molecule has 1 heterocycles. The predicted octanol–water partition coefficient (Wildman–Crippen LogP) is 1.41. The van der Waals surface area contributed by atoms with Crippen LogP contribution in [0.1, 0.15) is 6.92 Å². The first-order valence-electron chi connectivity index (χ1n) is 3.65. The van der Waals surface area contributed by atoms with Gasteiger partial charge in [0.25, 0.3) is 0 Å². The average Bonchev–Trinajstić information content (AvgIpc) is 2.10. The van der Waals surface area contributed by atoms with Crippen molar-refractivity contribution in [3.05, 3.63) is 11.5 Å². The van der Waals surface area contributed by atoms with Crippen LogP contribution in [-0.2, 0) is 4.74 Å². The zero-order chi connectivity index (χ0) is 9.68. The van der Waals surface area contributed by atoms with E-state index in [4.69, 9.17) is 22.1 Å². The monoisotopic (exact) mass is 200 g/mol. The van der Waals surface area contributed by atoms with Gasteiger partial charge in [0.1, 0.15) is 12.0 Å². The number of nitrogens with two attached hydrogens (primary N) is 1. The maximum atomic E-state index is 5.71.